The second-order valence-electron chi connectivity index (χ2n) is 4.35. The van der Waals surface area contributed by atoms with E-state index in [9.17, 15) is 18.0 Å². The molecule has 1 amide bonds. The van der Waals surface area contributed by atoms with Crippen molar-refractivity contribution in [1.29, 1.82) is 0 Å². The lowest BCUT2D eigenvalue weighted by molar-refractivity contribution is -0.142. The first-order chi connectivity index (χ1) is 9.88. The minimum absolute atomic E-state index is 0.0170. The van der Waals surface area contributed by atoms with Gasteiger partial charge in [-0.2, -0.15) is 13.2 Å². The molecule has 21 heavy (non-hydrogen) atoms. The summed E-state index contributed by atoms with van der Waals surface area (Å²) in [5, 5.41) is 0. The molecule has 8 heteroatoms. The Bertz CT molecular complexity index is 722. The van der Waals surface area contributed by atoms with Gasteiger partial charge in [0.15, 0.2) is 11.5 Å². The third kappa shape index (κ3) is 2.18. The van der Waals surface area contributed by atoms with E-state index in [1.54, 1.807) is 0 Å². The second kappa shape index (κ2) is 4.44. The fraction of sp³-hybridized carbons (Fsp3) is 0.154. The molecule has 2 N–H and O–H groups in total. The summed E-state index contributed by atoms with van der Waals surface area (Å²) in [5.41, 5.74) is 3.49. The highest BCUT2D eigenvalue weighted by molar-refractivity contribution is 5.94. The van der Waals surface area contributed by atoms with Gasteiger partial charge in [-0.1, -0.05) is 0 Å². The van der Waals surface area contributed by atoms with Crippen molar-refractivity contribution in [3.8, 4) is 17.2 Å². The first-order valence-corrected chi connectivity index (χ1v) is 5.86. The van der Waals surface area contributed by atoms with Crippen LogP contribution in [0.1, 0.15) is 16.1 Å². The van der Waals surface area contributed by atoms with E-state index < -0.39 is 23.3 Å². The standard InChI is InChI=1S/C13H9F3N2O3/c14-13(15,16)11-8(12(17)19)3-4-18(11)7-1-2-9-10(5-7)21-6-20-9/h1-5H,6H2,(H2,17,19). The molecule has 0 spiro atoms. The second-order valence-corrected chi connectivity index (χ2v) is 4.35. The average Bonchev–Trinajstić information content (AvgIpc) is 3.03. The molecule has 110 valence electrons. The number of carbonyl (C=O) groups is 1. The molecule has 0 fully saturated rings. The Morgan fingerprint density at radius 2 is 1.90 bits per heavy atom. The van der Waals surface area contributed by atoms with Gasteiger partial charge in [-0.3, -0.25) is 4.79 Å². The minimum atomic E-state index is -4.72. The number of rotatable bonds is 2. The van der Waals surface area contributed by atoms with Crippen LogP contribution in [0.25, 0.3) is 5.69 Å². The molecule has 0 radical (unpaired) electrons. The molecular weight excluding hydrogens is 289 g/mol. The van der Waals surface area contributed by atoms with E-state index in [2.05, 4.69) is 0 Å². The van der Waals surface area contributed by atoms with Crippen molar-refractivity contribution in [3.63, 3.8) is 0 Å². The summed E-state index contributed by atoms with van der Waals surface area (Å²) in [5.74, 6) is -0.341. The first kappa shape index (κ1) is 13.3. The predicted octanol–water partition coefficient (Wildman–Crippen LogP) is 2.32. The zero-order chi connectivity index (χ0) is 15.2. The molecule has 0 atom stereocenters. The topological polar surface area (TPSA) is 66.5 Å². The summed E-state index contributed by atoms with van der Waals surface area (Å²) in [6.07, 6.45) is -3.58. The number of fused-ring (bicyclic) bond motifs is 1. The number of ether oxygens (including phenoxy) is 2. The summed E-state index contributed by atoms with van der Waals surface area (Å²) in [6, 6.07) is 5.38. The number of alkyl halides is 3. The van der Waals surface area contributed by atoms with Crippen molar-refractivity contribution in [2.45, 2.75) is 6.18 Å². The van der Waals surface area contributed by atoms with Gasteiger partial charge in [0.25, 0.3) is 5.91 Å². The smallest absolute Gasteiger partial charge is 0.432 e. The van der Waals surface area contributed by atoms with Gasteiger partial charge in [-0.05, 0) is 18.2 Å². The van der Waals surface area contributed by atoms with E-state index in [0.29, 0.717) is 11.5 Å². The average molecular weight is 298 g/mol. The Labute approximate surface area is 116 Å². The molecule has 0 bridgehead atoms. The number of carbonyl (C=O) groups excluding carboxylic acids is 1. The predicted molar refractivity (Wildman–Crippen MR) is 65.4 cm³/mol. The number of primary amides is 1. The van der Waals surface area contributed by atoms with Gasteiger partial charge < -0.3 is 19.8 Å². The fourth-order valence-electron chi connectivity index (χ4n) is 2.17. The molecule has 0 aliphatic carbocycles. The maximum atomic E-state index is 13.2. The molecule has 1 aliphatic heterocycles. The van der Waals surface area contributed by atoms with Crippen LogP contribution in [0.3, 0.4) is 0 Å². The zero-order valence-corrected chi connectivity index (χ0v) is 10.5. The van der Waals surface area contributed by atoms with Crippen LogP contribution in [0.2, 0.25) is 0 Å². The Kier molecular flexibility index (Phi) is 2.82. The van der Waals surface area contributed by atoms with Crippen LogP contribution in [0.15, 0.2) is 30.5 Å². The zero-order valence-electron chi connectivity index (χ0n) is 10.5. The van der Waals surface area contributed by atoms with Crippen LogP contribution in [-0.2, 0) is 6.18 Å². The van der Waals surface area contributed by atoms with E-state index in [1.807, 2.05) is 0 Å². The number of hydrogen-bond donors (Lipinski definition) is 1. The molecule has 3 rings (SSSR count). The fourth-order valence-corrected chi connectivity index (χ4v) is 2.17. The number of halogens is 3. The number of nitrogens with zero attached hydrogens (tertiary/aromatic N) is 1. The first-order valence-electron chi connectivity index (χ1n) is 5.86. The van der Waals surface area contributed by atoms with Gasteiger partial charge in [-0.25, -0.2) is 0 Å². The highest BCUT2D eigenvalue weighted by atomic mass is 19.4. The lowest BCUT2D eigenvalue weighted by Crippen LogP contribution is -2.20. The highest BCUT2D eigenvalue weighted by Crippen LogP contribution is 2.38. The third-order valence-electron chi connectivity index (χ3n) is 3.05. The Morgan fingerprint density at radius 1 is 1.19 bits per heavy atom. The van der Waals surface area contributed by atoms with Gasteiger partial charge in [0.05, 0.1) is 5.56 Å². The number of nitrogens with two attached hydrogens (primary N) is 1. The van der Waals surface area contributed by atoms with Crippen molar-refractivity contribution in [3.05, 3.63) is 41.7 Å². The molecule has 1 aliphatic rings. The molecule has 5 nitrogen and oxygen atoms in total. The van der Waals surface area contributed by atoms with Gasteiger partial charge in [-0.15, -0.1) is 0 Å². The highest BCUT2D eigenvalue weighted by Gasteiger charge is 2.39. The van der Waals surface area contributed by atoms with Gasteiger partial charge in [0.1, 0.15) is 5.69 Å². The summed E-state index contributed by atoms with van der Waals surface area (Å²) < 4.78 is 50.6. The van der Waals surface area contributed by atoms with Gasteiger partial charge in [0, 0.05) is 18.0 Å². The van der Waals surface area contributed by atoms with Gasteiger partial charge >= 0.3 is 6.18 Å². The van der Waals surface area contributed by atoms with Crippen LogP contribution in [0, 0.1) is 0 Å². The van der Waals surface area contributed by atoms with E-state index in [0.717, 1.165) is 16.8 Å². The van der Waals surface area contributed by atoms with Crippen LogP contribution >= 0.6 is 0 Å². The van der Waals surface area contributed by atoms with Crippen molar-refractivity contribution in [2.24, 2.45) is 5.73 Å². The lowest BCUT2D eigenvalue weighted by Gasteiger charge is -2.14. The normalized spacial score (nSPS) is 13.5. The van der Waals surface area contributed by atoms with Crippen molar-refractivity contribution >= 4 is 5.91 Å². The molecule has 2 heterocycles. The summed E-state index contributed by atoms with van der Waals surface area (Å²) in [6.45, 7) is 0.0170. The van der Waals surface area contributed by atoms with E-state index in [-0.39, 0.29) is 12.5 Å². The lowest BCUT2D eigenvalue weighted by atomic mass is 10.2. The maximum Gasteiger partial charge on any atom is 0.432 e. The Balaban J connectivity index is 2.17. The summed E-state index contributed by atoms with van der Waals surface area (Å²) in [7, 11) is 0. The maximum absolute atomic E-state index is 13.2. The van der Waals surface area contributed by atoms with Crippen LogP contribution in [-0.4, -0.2) is 17.3 Å². The van der Waals surface area contributed by atoms with Crippen LogP contribution in [0.4, 0.5) is 13.2 Å². The molecule has 0 unspecified atom stereocenters. The van der Waals surface area contributed by atoms with E-state index in [4.69, 9.17) is 15.2 Å². The number of amides is 1. The molecule has 2 aromatic rings. The molecule has 1 aromatic heterocycles. The third-order valence-corrected chi connectivity index (χ3v) is 3.05. The monoisotopic (exact) mass is 298 g/mol. The number of aromatic nitrogens is 1. The van der Waals surface area contributed by atoms with Crippen LogP contribution < -0.4 is 15.2 Å². The SMILES string of the molecule is NC(=O)c1ccn(-c2ccc3c(c2)OCO3)c1C(F)(F)F. The molecule has 0 saturated carbocycles. The van der Waals surface area contributed by atoms with E-state index in [1.165, 1.54) is 18.2 Å². The molecule has 1 aromatic carbocycles. The molecular formula is C13H9F3N2O3. The van der Waals surface area contributed by atoms with Crippen molar-refractivity contribution < 1.29 is 27.4 Å². The molecule has 0 saturated heterocycles. The number of benzene rings is 1. The van der Waals surface area contributed by atoms with Crippen LogP contribution in [0.5, 0.6) is 11.5 Å². The minimum Gasteiger partial charge on any atom is -0.454 e. The Hall–Kier alpha value is -2.64. The largest absolute Gasteiger partial charge is 0.454 e. The summed E-state index contributed by atoms with van der Waals surface area (Å²) >= 11 is 0. The number of hydrogen-bond acceptors (Lipinski definition) is 3. The quantitative estimate of drug-likeness (QED) is 0.925. The van der Waals surface area contributed by atoms with Crippen molar-refractivity contribution in [2.75, 3.05) is 6.79 Å². The van der Waals surface area contributed by atoms with Gasteiger partial charge in [0.2, 0.25) is 6.79 Å². The van der Waals surface area contributed by atoms with Crippen molar-refractivity contribution in [1.82, 2.24) is 4.57 Å². The van der Waals surface area contributed by atoms with E-state index >= 15 is 0 Å². The Morgan fingerprint density at radius 3 is 2.57 bits per heavy atom. The summed E-state index contributed by atoms with van der Waals surface area (Å²) in [4.78, 5) is 11.2.